The van der Waals surface area contributed by atoms with Crippen molar-refractivity contribution < 1.29 is 4.79 Å². The summed E-state index contributed by atoms with van der Waals surface area (Å²) in [7, 11) is 0. The van der Waals surface area contributed by atoms with E-state index >= 15 is 0 Å². The van der Waals surface area contributed by atoms with Crippen LogP contribution < -0.4 is 5.73 Å². The standard InChI is InChI=1S/C17H27N3O/c1-14(2)16-6-4-15(5-7-16)8-11-19-9-3-10-20(13-12-19)17(18)21/h4-7,14H,3,8-13H2,1-2H3,(H2,18,21). The molecule has 0 aliphatic carbocycles. The zero-order valence-electron chi connectivity index (χ0n) is 13.2. The first-order valence-electron chi connectivity index (χ1n) is 7.92. The maximum absolute atomic E-state index is 11.2. The zero-order valence-corrected chi connectivity index (χ0v) is 13.2. The lowest BCUT2D eigenvalue weighted by Gasteiger charge is -2.20. The average molecular weight is 289 g/mol. The van der Waals surface area contributed by atoms with Gasteiger partial charge in [0, 0.05) is 26.2 Å². The van der Waals surface area contributed by atoms with Gasteiger partial charge in [0.05, 0.1) is 0 Å². The van der Waals surface area contributed by atoms with E-state index in [-0.39, 0.29) is 6.03 Å². The highest BCUT2D eigenvalue weighted by molar-refractivity contribution is 5.71. The van der Waals surface area contributed by atoms with Crippen molar-refractivity contribution in [1.29, 1.82) is 0 Å². The lowest BCUT2D eigenvalue weighted by Crippen LogP contribution is -2.38. The van der Waals surface area contributed by atoms with Crippen molar-refractivity contribution in [3.05, 3.63) is 35.4 Å². The van der Waals surface area contributed by atoms with Crippen molar-refractivity contribution in [2.75, 3.05) is 32.7 Å². The summed E-state index contributed by atoms with van der Waals surface area (Å²) in [6.45, 7) is 9.00. The molecule has 0 aromatic heterocycles. The molecular formula is C17H27N3O. The van der Waals surface area contributed by atoms with Crippen molar-refractivity contribution in [2.45, 2.75) is 32.6 Å². The number of carbonyl (C=O) groups excluding carboxylic acids is 1. The molecule has 2 rings (SSSR count). The molecule has 0 radical (unpaired) electrons. The minimum Gasteiger partial charge on any atom is -0.351 e. The number of hydrogen-bond acceptors (Lipinski definition) is 2. The smallest absolute Gasteiger partial charge is 0.314 e. The topological polar surface area (TPSA) is 49.6 Å². The summed E-state index contributed by atoms with van der Waals surface area (Å²) in [5.41, 5.74) is 8.13. The number of hydrogen-bond donors (Lipinski definition) is 1. The Hall–Kier alpha value is -1.55. The van der Waals surface area contributed by atoms with Gasteiger partial charge in [0.15, 0.2) is 0 Å². The Balaban J connectivity index is 1.81. The third-order valence-electron chi connectivity index (χ3n) is 4.26. The lowest BCUT2D eigenvalue weighted by atomic mass is 10.0. The van der Waals surface area contributed by atoms with Crippen LogP contribution in [0.5, 0.6) is 0 Å². The van der Waals surface area contributed by atoms with E-state index in [0.29, 0.717) is 5.92 Å². The summed E-state index contributed by atoms with van der Waals surface area (Å²) in [5, 5.41) is 0. The molecule has 0 bridgehead atoms. The van der Waals surface area contributed by atoms with Gasteiger partial charge in [-0.3, -0.25) is 0 Å². The molecule has 1 saturated heterocycles. The number of primary amides is 1. The van der Waals surface area contributed by atoms with Crippen LogP contribution >= 0.6 is 0 Å². The number of benzene rings is 1. The monoisotopic (exact) mass is 289 g/mol. The molecule has 0 spiro atoms. The summed E-state index contributed by atoms with van der Waals surface area (Å²) in [5.74, 6) is 0.587. The maximum Gasteiger partial charge on any atom is 0.314 e. The lowest BCUT2D eigenvalue weighted by molar-refractivity contribution is 0.207. The van der Waals surface area contributed by atoms with Crippen LogP contribution in [-0.4, -0.2) is 48.6 Å². The van der Waals surface area contributed by atoms with Crippen LogP contribution in [0.15, 0.2) is 24.3 Å². The highest BCUT2D eigenvalue weighted by Gasteiger charge is 2.16. The van der Waals surface area contributed by atoms with Crippen molar-refractivity contribution in [2.24, 2.45) is 5.73 Å². The predicted molar refractivity (Wildman–Crippen MR) is 86.4 cm³/mol. The Labute approximate surface area is 127 Å². The normalized spacial score (nSPS) is 17.0. The van der Waals surface area contributed by atoms with Gasteiger partial charge in [-0.1, -0.05) is 38.1 Å². The molecule has 1 aromatic carbocycles. The SMILES string of the molecule is CC(C)c1ccc(CCN2CCCN(C(N)=O)CC2)cc1. The second kappa shape index (κ2) is 7.46. The molecule has 2 N–H and O–H groups in total. The molecule has 4 nitrogen and oxygen atoms in total. The van der Waals surface area contributed by atoms with Gasteiger partial charge in [-0.25, -0.2) is 4.79 Å². The second-order valence-corrected chi connectivity index (χ2v) is 6.17. The van der Waals surface area contributed by atoms with Crippen molar-refractivity contribution in [1.82, 2.24) is 9.80 Å². The van der Waals surface area contributed by atoms with E-state index in [4.69, 9.17) is 5.73 Å². The van der Waals surface area contributed by atoms with E-state index < -0.39 is 0 Å². The van der Waals surface area contributed by atoms with E-state index in [1.165, 1.54) is 11.1 Å². The summed E-state index contributed by atoms with van der Waals surface area (Å²) in [6.07, 6.45) is 2.07. The van der Waals surface area contributed by atoms with E-state index in [0.717, 1.165) is 45.6 Å². The number of nitrogens with zero attached hydrogens (tertiary/aromatic N) is 2. The molecule has 21 heavy (non-hydrogen) atoms. The van der Waals surface area contributed by atoms with Crippen LogP contribution in [0.25, 0.3) is 0 Å². The summed E-state index contributed by atoms with van der Waals surface area (Å²) >= 11 is 0. The highest BCUT2D eigenvalue weighted by Crippen LogP contribution is 2.15. The molecule has 0 unspecified atom stereocenters. The molecule has 4 heteroatoms. The second-order valence-electron chi connectivity index (χ2n) is 6.17. The fourth-order valence-electron chi connectivity index (χ4n) is 2.77. The Morgan fingerprint density at radius 3 is 2.48 bits per heavy atom. The van der Waals surface area contributed by atoms with Crippen LogP contribution in [-0.2, 0) is 6.42 Å². The summed E-state index contributed by atoms with van der Waals surface area (Å²) in [4.78, 5) is 15.4. The Morgan fingerprint density at radius 1 is 1.14 bits per heavy atom. The van der Waals surface area contributed by atoms with Crippen LogP contribution in [0.1, 0.15) is 37.3 Å². The van der Waals surface area contributed by atoms with E-state index in [1.807, 2.05) is 0 Å². The third kappa shape index (κ3) is 4.74. The van der Waals surface area contributed by atoms with E-state index in [9.17, 15) is 4.79 Å². The molecule has 2 amide bonds. The van der Waals surface area contributed by atoms with Gasteiger partial charge in [-0.2, -0.15) is 0 Å². The number of urea groups is 1. The molecule has 1 aliphatic heterocycles. The van der Waals surface area contributed by atoms with Gasteiger partial charge in [0.1, 0.15) is 0 Å². The van der Waals surface area contributed by atoms with E-state index in [1.54, 1.807) is 4.90 Å². The fourth-order valence-corrected chi connectivity index (χ4v) is 2.77. The van der Waals surface area contributed by atoms with Crippen molar-refractivity contribution >= 4 is 6.03 Å². The largest absolute Gasteiger partial charge is 0.351 e. The third-order valence-corrected chi connectivity index (χ3v) is 4.26. The van der Waals surface area contributed by atoms with Gasteiger partial charge in [0.25, 0.3) is 0 Å². The number of nitrogens with two attached hydrogens (primary N) is 1. The van der Waals surface area contributed by atoms with Gasteiger partial charge in [0.2, 0.25) is 0 Å². The van der Waals surface area contributed by atoms with Crippen molar-refractivity contribution in [3.63, 3.8) is 0 Å². The number of carbonyl (C=O) groups is 1. The van der Waals surface area contributed by atoms with Gasteiger partial charge in [-0.05, 0) is 36.4 Å². The molecule has 1 fully saturated rings. The molecule has 0 saturated carbocycles. The van der Waals surface area contributed by atoms with Crippen LogP contribution in [0, 0.1) is 0 Å². The number of rotatable bonds is 4. The quantitative estimate of drug-likeness (QED) is 0.925. The van der Waals surface area contributed by atoms with Crippen LogP contribution in [0.3, 0.4) is 0 Å². The van der Waals surface area contributed by atoms with Crippen molar-refractivity contribution in [3.8, 4) is 0 Å². The first kappa shape index (κ1) is 15.8. The van der Waals surface area contributed by atoms with Crippen LogP contribution in [0.2, 0.25) is 0 Å². The minimum atomic E-state index is -0.291. The highest BCUT2D eigenvalue weighted by atomic mass is 16.2. The molecule has 1 aliphatic rings. The Kier molecular flexibility index (Phi) is 5.62. The Bertz CT molecular complexity index is 456. The van der Waals surface area contributed by atoms with E-state index in [2.05, 4.69) is 43.0 Å². The summed E-state index contributed by atoms with van der Waals surface area (Å²) in [6, 6.07) is 8.65. The van der Waals surface area contributed by atoms with Gasteiger partial charge < -0.3 is 15.5 Å². The van der Waals surface area contributed by atoms with Gasteiger partial charge in [-0.15, -0.1) is 0 Å². The average Bonchev–Trinajstić information content (AvgIpc) is 2.71. The molecule has 1 heterocycles. The fraction of sp³-hybridized carbons (Fsp3) is 0.588. The molecule has 1 aromatic rings. The van der Waals surface area contributed by atoms with Gasteiger partial charge >= 0.3 is 6.03 Å². The first-order valence-corrected chi connectivity index (χ1v) is 7.92. The Morgan fingerprint density at radius 2 is 1.86 bits per heavy atom. The molecule has 116 valence electrons. The molecular weight excluding hydrogens is 262 g/mol. The van der Waals surface area contributed by atoms with Crippen LogP contribution in [0.4, 0.5) is 4.79 Å². The zero-order chi connectivity index (χ0) is 15.2. The number of amides is 2. The minimum absolute atomic E-state index is 0.291. The summed E-state index contributed by atoms with van der Waals surface area (Å²) < 4.78 is 0. The predicted octanol–water partition coefficient (Wildman–Crippen LogP) is 2.44. The molecule has 0 atom stereocenters. The first-order chi connectivity index (χ1) is 10.1. The maximum atomic E-state index is 11.2.